The average molecular weight is 402 g/mol. The van der Waals surface area contributed by atoms with E-state index in [1.165, 1.54) is 11.1 Å². The van der Waals surface area contributed by atoms with Gasteiger partial charge in [-0.3, -0.25) is 9.59 Å². The highest BCUT2D eigenvalue weighted by atomic mass is 16.5. The zero-order valence-electron chi connectivity index (χ0n) is 17.1. The summed E-state index contributed by atoms with van der Waals surface area (Å²) >= 11 is 0. The standard InChI is InChI=1S/C25H26N2O3/c1-30-23-15-13-21(14-16-23)25(29)27-18-24(28)26-17-22-10-6-5-9-20(22)12-11-19-7-3-2-4-8-19/h2-10,13-16H,11-12,17-18H2,1H3,(H,26,28)(H,27,29). The van der Waals surface area contributed by atoms with E-state index in [0.717, 1.165) is 18.4 Å². The second-order valence-electron chi connectivity index (χ2n) is 6.94. The van der Waals surface area contributed by atoms with Gasteiger partial charge in [0.1, 0.15) is 5.75 Å². The zero-order chi connectivity index (χ0) is 21.2. The van der Waals surface area contributed by atoms with Crippen molar-refractivity contribution in [1.82, 2.24) is 10.6 Å². The number of amides is 2. The first-order valence-corrected chi connectivity index (χ1v) is 9.95. The van der Waals surface area contributed by atoms with Gasteiger partial charge in [-0.2, -0.15) is 0 Å². The molecular weight excluding hydrogens is 376 g/mol. The van der Waals surface area contributed by atoms with Crippen LogP contribution in [0, 0.1) is 0 Å². The van der Waals surface area contributed by atoms with Gasteiger partial charge in [-0.1, -0.05) is 54.6 Å². The van der Waals surface area contributed by atoms with Crippen molar-refractivity contribution in [1.29, 1.82) is 0 Å². The van der Waals surface area contributed by atoms with Crippen LogP contribution in [0.4, 0.5) is 0 Å². The molecule has 3 rings (SSSR count). The van der Waals surface area contributed by atoms with Crippen LogP contribution in [-0.2, 0) is 24.2 Å². The summed E-state index contributed by atoms with van der Waals surface area (Å²) in [7, 11) is 1.57. The van der Waals surface area contributed by atoms with Crippen LogP contribution in [0.3, 0.4) is 0 Å². The van der Waals surface area contributed by atoms with E-state index in [1.54, 1.807) is 31.4 Å². The summed E-state index contributed by atoms with van der Waals surface area (Å²) in [6, 6.07) is 25.2. The van der Waals surface area contributed by atoms with Crippen molar-refractivity contribution in [3.05, 3.63) is 101 Å². The summed E-state index contributed by atoms with van der Waals surface area (Å²) in [4.78, 5) is 24.4. The molecule has 0 aromatic heterocycles. The van der Waals surface area contributed by atoms with Crippen LogP contribution in [0.15, 0.2) is 78.9 Å². The van der Waals surface area contributed by atoms with Gasteiger partial charge in [0, 0.05) is 12.1 Å². The van der Waals surface area contributed by atoms with Crippen molar-refractivity contribution in [2.75, 3.05) is 13.7 Å². The minimum Gasteiger partial charge on any atom is -0.497 e. The van der Waals surface area contributed by atoms with Gasteiger partial charge in [-0.05, 0) is 53.8 Å². The van der Waals surface area contributed by atoms with E-state index in [0.29, 0.717) is 17.9 Å². The quantitative estimate of drug-likeness (QED) is 0.575. The highest BCUT2D eigenvalue weighted by molar-refractivity contribution is 5.96. The second kappa shape index (κ2) is 10.8. The lowest BCUT2D eigenvalue weighted by molar-refractivity contribution is -0.120. The van der Waals surface area contributed by atoms with Crippen molar-refractivity contribution in [3.63, 3.8) is 0 Å². The molecule has 0 radical (unpaired) electrons. The summed E-state index contributed by atoms with van der Waals surface area (Å²) in [5, 5.41) is 5.53. The summed E-state index contributed by atoms with van der Waals surface area (Å²) in [6.07, 6.45) is 1.86. The lowest BCUT2D eigenvalue weighted by Gasteiger charge is -2.11. The van der Waals surface area contributed by atoms with E-state index in [1.807, 2.05) is 36.4 Å². The maximum atomic E-state index is 12.2. The number of hydrogen-bond acceptors (Lipinski definition) is 3. The van der Waals surface area contributed by atoms with Crippen LogP contribution >= 0.6 is 0 Å². The summed E-state index contributed by atoms with van der Waals surface area (Å²) in [5.74, 6) is 0.154. The van der Waals surface area contributed by atoms with Crippen LogP contribution in [0.2, 0.25) is 0 Å². The third-order valence-corrected chi connectivity index (χ3v) is 4.88. The summed E-state index contributed by atoms with van der Waals surface area (Å²) in [6.45, 7) is 0.360. The van der Waals surface area contributed by atoms with Crippen LogP contribution in [0.25, 0.3) is 0 Å². The first-order chi connectivity index (χ1) is 14.7. The molecule has 0 atom stereocenters. The minimum absolute atomic E-state index is 0.0724. The Bertz CT molecular complexity index is 969. The van der Waals surface area contributed by atoms with Gasteiger partial charge in [-0.25, -0.2) is 0 Å². The van der Waals surface area contributed by atoms with E-state index in [-0.39, 0.29) is 18.4 Å². The maximum absolute atomic E-state index is 12.2. The van der Waals surface area contributed by atoms with Gasteiger partial charge in [0.15, 0.2) is 0 Å². The number of hydrogen-bond donors (Lipinski definition) is 2. The number of nitrogens with one attached hydrogen (secondary N) is 2. The fourth-order valence-corrected chi connectivity index (χ4v) is 3.16. The molecule has 0 spiro atoms. The van der Waals surface area contributed by atoms with Crippen LogP contribution in [0.5, 0.6) is 5.75 Å². The molecule has 0 saturated heterocycles. The molecule has 0 aliphatic heterocycles. The number of benzene rings is 3. The molecule has 0 heterocycles. The van der Waals surface area contributed by atoms with Gasteiger partial charge < -0.3 is 15.4 Å². The molecule has 2 N–H and O–H groups in total. The summed E-state index contributed by atoms with van der Waals surface area (Å²) in [5.41, 5.74) is 4.07. The molecule has 0 fully saturated rings. The van der Waals surface area contributed by atoms with Gasteiger partial charge in [0.2, 0.25) is 5.91 Å². The van der Waals surface area contributed by atoms with Crippen molar-refractivity contribution >= 4 is 11.8 Å². The lowest BCUT2D eigenvalue weighted by atomic mass is 10.00. The largest absolute Gasteiger partial charge is 0.497 e. The Hall–Kier alpha value is -3.60. The predicted octanol–water partition coefficient (Wildman–Crippen LogP) is 3.53. The Balaban J connectivity index is 1.47. The predicted molar refractivity (Wildman–Crippen MR) is 117 cm³/mol. The molecule has 0 aliphatic carbocycles. The van der Waals surface area contributed by atoms with Crippen LogP contribution < -0.4 is 15.4 Å². The highest BCUT2D eigenvalue weighted by Crippen LogP contribution is 2.13. The fraction of sp³-hybridized carbons (Fsp3) is 0.200. The molecule has 0 saturated carbocycles. The Morgan fingerprint density at radius 1 is 0.767 bits per heavy atom. The molecule has 3 aromatic carbocycles. The van der Waals surface area contributed by atoms with Crippen molar-refractivity contribution < 1.29 is 14.3 Å². The molecule has 154 valence electrons. The summed E-state index contributed by atoms with van der Waals surface area (Å²) < 4.78 is 5.08. The SMILES string of the molecule is COc1ccc(C(=O)NCC(=O)NCc2ccccc2CCc2ccccc2)cc1. The Morgan fingerprint density at radius 3 is 2.13 bits per heavy atom. The van der Waals surface area contributed by atoms with E-state index in [4.69, 9.17) is 4.74 Å². The first kappa shape index (κ1) is 21.1. The minimum atomic E-state index is -0.295. The third-order valence-electron chi connectivity index (χ3n) is 4.88. The first-order valence-electron chi connectivity index (χ1n) is 9.95. The molecule has 0 bridgehead atoms. The number of methoxy groups -OCH3 is 1. The van der Waals surface area contributed by atoms with Crippen LogP contribution in [0.1, 0.15) is 27.0 Å². The highest BCUT2D eigenvalue weighted by Gasteiger charge is 2.09. The smallest absolute Gasteiger partial charge is 0.251 e. The molecular formula is C25H26N2O3. The topological polar surface area (TPSA) is 67.4 Å². The molecule has 0 unspecified atom stereocenters. The number of ether oxygens (including phenoxy) is 1. The second-order valence-corrected chi connectivity index (χ2v) is 6.94. The van der Waals surface area contributed by atoms with E-state index < -0.39 is 0 Å². The van der Waals surface area contributed by atoms with Crippen molar-refractivity contribution in [3.8, 4) is 5.75 Å². The number of carbonyl (C=O) groups excluding carboxylic acids is 2. The van der Waals surface area contributed by atoms with E-state index >= 15 is 0 Å². The number of rotatable bonds is 9. The Labute approximate surface area is 177 Å². The molecule has 5 nitrogen and oxygen atoms in total. The molecule has 2 amide bonds. The van der Waals surface area contributed by atoms with Gasteiger partial charge >= 0.3 is 0 Å². The third kappa shape index (κ3) is 6.21. The van der Waals surface area contributed by atoms with Crippen LogP contribution in [-0.4, -0.2) is 25.5 Å². The fourth-order valence-electron chi connectivity index (χ4n) is 3.16. The molecule has 0 aliphatic rings. The lowest BCUT2D eigenvalue weighted by Crippen LogP contribution is -2.36. The number of carbonyl (C=O) groups is 2. The van der Waals surface area contributed by atoms with Crippen molar-refractivity contribution in [2.45, 2.75) is 19.4 Å². The molecule has 3 aromatic rings. The average Bonchev–Trinajstić information content (AvgIpc) is 2.81. The normalized spacial score (nSPS) is 10.3. The molecule has 5 heteroatoms. The Kier molecular flexibility index (Phi) is 7.61. The van der Waals surface area contributed by atoms with E-state index in [2.05, 4.69) is 28.8 Å². The molecule has 30 heavy (non-hydrogen) atoms. The maximum Gasteiger partial charge on any atom is 0.251 e. The van der Waals surface area contributed by atoms with Gasteiger partial charge in [0.25, 0.3) is 5.91 Å². The Morgan fingerprint density at radius 2 is 1.43 bits per heavy atom. The van der Waals surface area contributed by atoms with Gasteiger partial charge in [-0.15, -0.1) is 0 Å². The number of aryl methyl sites for hydroxylation is 2. The van der Waals surface area contributed by atoms with Gasteiger partial charge in [0.05, 0.1) is 13.7 Å². The van der Waals surface area contributed by atoms with Crippen molar-refractivity contribution in [2.24, 2.45) is 0 Å². The monoisotopic (exact) mass is 402 g/mol. The van der Waals surface area contributed by atoms with E-state index in [9.17, 15) is 9.59 Å². The zero-order valence-corrected chi connectivity index (χ0v) is 17.1.